The van der Waals surface area contributed by atoms with E-state index in [-0.39, 0.29) is 0 Å². The summed E-state index contributed by atoms with van der Waals surface area (Å²) in [6, 6.07) is 0. The molecule has 9 heavy (non-hydrogen) atoms. The monoisotopic (exact) mass is 123 g/mol. The zero-order chi connectivity index (χ0) is 6.53. The summed E-state index contributed by atoms with van der Waals surface area (Å²) in [6.45, 7) is 2.89. The van der Waals surface area contributed by atoms with Crippen LogP contribution in [0.4, 0.5) is 0 Å². The fraction of sp³-hybridized carbons (Fsp3) is 0.333. The summed E-state index contributed by atoms with van der Waals surface area (Å²) in [5.41, 5.74) is 0. The normalized spacial score (nSPS) is 16.3. The van der Waals surface area contributed by atoms with Crippen LogP contribution in [0, 0.1) is 0 Å². The number of rotatable bonds is 1. The van der Waals surface area contributed by atoms with Gasteiger partial charge in [-0.15, -0.1) is 0 Å². The SMILES string of the molecule is CCN1C=NC=CC=N1. The quantitative estimate of drug-likeness (QED) is 0.508. The van der Waals surface area contributed by atoms with Crippen molar-refractivity contribution in [1.29, 1.82) is 0 Å². The molecule has 0 atom stereocenters. The van der Waals surface area contributed by atoms with Crippen molar-refractivity contribution in [2.24, 2.45) is 10.1 Å². The first-order chi connectivity index (χ1) is 4.43. The van der Waals surface area contributed by atoms with Crippen molar-refractivity contribution in [3.05, 3.63) is 12.3 Å². The number of aliphatic imine (C=N–C) groups is 1. The molecule has 0 aromatic carbocycles. The van der Waals surface area contributed by atoms with Crippen LogP contribution in [-0.2, 0) is 0 Å². The Balaban J connectivity index is 2.58. The molecule has 1 rings (SSSR count). The van der Waals surface area contributed by atoms with E-state index in [0.717, 1.165) is 6.54 Å². The molecule has 0 bridgehead atoms. The van der Waals surface area contributed by atoms with Gasteiger partial charge in [0.25, 0.3) is 0 Å². The van der Waals surface area contributed by atoms with Gasteiger partial charge >= 0.3 is 0 Å². The summed E-state index contributed by atoms with van der Waals surface area (Å²) < 4.78 is 0. The second-order valence-electron chi connectivity index (χ2n) is 1.63. The van der Waals surface area contributed by atoms with Crippen LogP contribution in [-0.4, -0.2) is 24.1 Å². The lowest BCUT2D eigenvalue weighted by Crippen LogP contribution is -2.12. The van der Waals surface area contributed by atoms with E-state index in [2.05, 4.69) is 10.1 Å². The van der Waals surface area contributed by atoms with Gasteiger partial charge in [-0.2, -0.15) is 5.10 Å². The Bertz CT molecular complexity index is 142. The summed E-state index contributed by atoms with van der Waals surface area (Å²) in [6.07, 6.45) is 6.92. The van der Waals surface area contributed by atoms with E-state index >= 15 is 0 Å². The predicted molar refractivity (Wildman–Crippen MR) is 38.5 cm³/mol. The molecule has 0 unspecified atom stereocenters. The third-order valence-electron chi connectivity index (χ3n) is 0.997. The van der Waals surface area contributed by atoms with Crippen molar-refractivity contribution in [1.82, 2.24) is 5.01 Å². The standard InChI is InChI=1S/C6H9N3/c1-2-9-6-7-4-3-5-8-9/h3-6H,2H2,1H3. The van der Waals surface area contributed by atoms with Crippen LogP contribution >= 0.6 is 0 Å². The molecule has 0 amide bonds. The first kappa shape index (κ1) is 6.01. The molecule has 0 radical (unpaired) electrons. The summed E-state index contributed by atoms with van der Waals surface area (Å²) in [5, 5.41) is 5.78. The Morgan fingerprint density at radius 1 is 1.56 bits per heavy atom. The molecule has 0 N–H and O–H groups in total. The minimum Gasteiger partial charge on any atom is -0.255 e. The topological polar surface area (TPSA) is 28.0 Å². The van der Waals surface area contributed by atoms with Crippen molar-refractivity contribution < 1.29 is 0 Å². The minimum atomic E-state index is 0.863. The first-order valence-electron chi connectivity index (χ1n) is 2.92. The molecular weight excluding hydrogens is 114 g/mol. The molecule has 3 nitrogen and oxygen atoms in total. The molecule has 1 heterocycles. The van der Waals surface area contributed by atoms with E-state index in [0.29, 0.717) is 0 Å². The Morgan fingerprint density at radius 3 is 3.22 bits per heavy atom. The zero-order valence-electron chi connectivity index (χ0n) is 5.36. The van der Waals surface area contributed by atoms with Gasteiger partial charge in [0.05, 0.1) is 0 Å². The van der Waals surface area contributed by atoms with Gasteiger partial charge < -0.3 is 0 Å². The van der Waals surface area contributed by atoms with Gasteiger partial charge in [0.2, 0.25) is 0 Å². The predicted octanol–water partition coefficient (Wildman–Crippen LogP) is 0.850. The molecular formula is C6H9N3. The van der Waals surface area contributed by atoms with Gasteiger partial charge in [-0.25, -0.2) is 4.99 Å². The number of allylic oxidation sites excluding steroid dienone is 1. The van der Waals surface area contributed by atoms with Crippen molar-refractivity contribution in [2.45, 2.75) is 6.92 Å². The van der Waals surface area contributed by atoms with Gasteiger partial charge in [0.1, 0.15) is 6.34 Å². The highest BCUT2D eigenvalue weighted by molar-refractivity contribution is 5.73. The second kappa shape index (κ2) is 3.02. The van der Waals surface area contributed by atoms with E-state index in [1.165, 1.54) is 0 Å². The van der Waals surface area contributed by atoms with Gasteiger partial charge in [-0.05, 0) is 13.0 Å². The fourth-order valence-electron chi connectivity index (χ4n) is 0.521. The first-order valence-corrected chi connectivity index (χ1v) is 2.92. The maximum absolute atomic E-state index is 4.01. The summed E-state index contributed by atoms with van der Waals surface area (Å²) in [7, 11) is 0. The Kier molecular flexibility index (Phi) is 2.01. The molecule has 1 aliphatic rings. The van der Waals surface area contributed by atoms with Crippen LogP contribution in [0.1, 0.15) is 6.92 Å². The molecule has 48 valence electrons. The zero-order valence-corrected chi connectivity index (χ0v) is 5.36. The van der Waals surface area contributed by atoms with Crippen LogP contribution in [0.3, 0.4) is 0 Å². The number of hydrazone groups is 1. The Hall–Kier alpha value is -1.12. The fourth-order valence-corrected chi connectivity index (χ4v) is 0.521. The highest BCUT2D eigenvalue weighted by Crippen LogP contribution is 1.87. The molecule has 0 aromatic rings. The van der Waals surface area contributed by atoms with E-state index in [4.69, 9.17) is 0 Å². The highest BCUT2D eigenvalue weighted by atomic mass is 15.4. The molecule has 0 aliphatic carbocycles. The molecule has 0 spiro atoms. The van der Waals surface area contributed by atoms with Gasteiger partial charge in [0.15, 0.2) is 0 Å². The number of nitrogens with zero attached hydrogens (tertiary/aromatic N) is 3. The molecule has 0 saturated heterocycles. The van der Waals surface area contributed by atoms with Crippen LogP contribution in [0.2, 0.25) is 0 Å². The Labute approximate surface area is 54.4 Å². The highest BCUT2D eigenvalue weighted by Gasteiger charge is 1.88. The summed E-state index contributed by atoms with van der Waals surface area (Å²) in [5.74, 6) is 0. The molecule has 0 aromatic heterocycles. The van der Waals surface area contributed by atoms with Gasteiger partial charge in [-0.3, -0.25) is 5.01 Å². The summed E-state index contributed by atoms with van der Waals surface area (Å²) >= 11 is 0. The molecule has 0 saturated carbocycles. The number of hydrogen-bond donors (Lipinski definition) is 0. The van der Waals surface area contributed by atoms with Crippen molar-refractivity contribution in [2.75, 3.05) is 6.54 Å². The smallest absolute Gasteiger partial charge is 0.111 e. The molecule has 0 fully saturated rings. The minimum absolute atomic E-state index is 0.863. The average Bonchev–Trinajstić information content (AvgIpc) is 2.13. The lowest BCUT2D eigenvalue weighted by atomic mass is 10.7. The Morgan fingerprint density at radius 2 is 2.44 bits per heavy atom. The van der Waals surface area contributed by atoms with Crippen LogP contribution in [0.15, 0.2) is 22.4 Å². The van der Waals surface area contributed by atoms with Crippen LogP contribution < -0.4 is 0 Å². The molecule has 3 heteroatoms. The van der Waals surface area contributed by atoms with Crippen molar-refractivity contribution in [3.8, 4) is 0 Å². The third kappa shape index (κ3) is 1.68. The summed E-state index contributed by atoms with van der Waals surface area (Å²) in [4.78, 5) is 3.92. The van der Waals surface area contributed by atoms with E-state index < -0.39 is 0 Å². The van der Waals surface area contributed by atoms with Crippen molar-refractivity contribution >= 4 is 12.6 Å². The van der Waals surface area contributed by atoms with Crippen molar-refractivity contribution in [3.63, 3.8) is 0 Å². The van der Waals surface area contributed by atoms with Crippen LogP contribution in [0.25, 0.3) is 0 Å². The maximum Gasteiger partial charge on any atom is 0.111 e. The van der Waals surface area contributed by atoms with E-state index in [9.17, 15) is 0 Å². The molecule has 1 aliphatic heterocycles. The largest absolute Gasteiger partial charge is 0.255 e. The lowest BCUT2D eigenvalue weighted by molar-refractivity contribution is 0.489. The third-order valence-corrected chi connectivity index (χ3v) is 0.997. The van der Waals surface area contributed by atoms with E-state index in [1.807, 2.05) is 6.92 Å². The average molecular weight is 123 g/mol. The van der Waals surface area contributed by atoms with Crippen LogP contribution in [0.5, 0.6) is 0 Å². The lowest BCUT2D eigenvalue weighted by Gasteiger charge is -2.06. The second-order valence-corrected chi connectivity index (χ2v) is 1.63. The van der Waals surface area contributed by atoms with E-state index in [1.54, 1.807) is 29.8 Å². The van der Waals surface area contributed by atoms with Gasteiger partial charge in [0, 0.05) is 19.0 Å². The van der Waals surface area contributed by atoms with Gasteiger partial charge in [-0.1, -0.05) is 0 Å². The number of hydrogen-bond acceptors (Lipinski definition) is 3. The maximum atomic E-state index is 4.01.